The third kappa shape index (κ3) is 2.56. The Bertz CT molecular complexity index is 580. The van der Waals surface area contributed by atoms with Gasteiger partial charge >= 0.3 is 0 Å². The molecular formula is C14H19N3OS. The van der Waals surface area contributed by atoms with E-state index < -0.39 is 0 Å². The summed E-state index contributed by atoms with van der Waals surface area (Å²) < 4.78 is 0. The van der Waals surface area contributed by atoms with Gasteiger partial charge in [-0.1, -0.05) is 0 Å². The molecule has 4 nitrogen and oxygen atoms in total. The number of rotatable bonds is 3. The molecule has 0 aliphatic rings. The number of thiophene rings is 1. The van der Waals surface area contributed by atoms with E-state index in [1.165, 1.54) is 9.75 Å². The van der Waals surface area contributed by atoms with Gasteiger partial charge in [0.05, 0.1) is 17.3 Å². The molecule has 0 fully saturated rings. The molecule has 0 radical (unpaired) electrons. The number of nitrogens with one attached hydrogen (secondary N) is 1. The molecule has 0 aromatic carbocycles. The third-order valence-corrected chi connectivity index (χ3v) is 4.59. The van der Waals surface area contributed by atoms with Crippen molar-refractivity contribution < 1.29 is 4.79 Å². The van der Waals surface area contributed by atoms with Crippen LogP contribution in [0.5, 0.6) is 0 Å². The van der Waals surface area contributed by atoms with E-state index in [1.54, 1.807) is 16.2 Å². The van der Waals surface area contributed by atoms with Gasteiger partial charge in [0.15, 0.2) is 0 Å². The lowest BCUT2D eigenvalue weighted by Crippen LogP contribution is -2.30. The molecule has 102 valence electrons. The highest BCUT2D eigenvalue weighted by molar-refractivity contribution is 7.12. The molecule has 2 aromatic heterocycles. The number of aryl methyl sites for hydroxylation is 3. The molecule has 0 aliphatic carbocycles. The number of hydrogen-bond acceptors (Lipinski definition) is 3. The minimum Gasteiger partial charge on any atom is -0.334 e. The van der Waals surface area contributed by atoms with Gasteiger partial charge in [-0.05, 0) is 39.8 Å². The molecule has 2 rings (SSSR count). The second-order valence-electron chi connectivity index (χ2n) is 4.85. The lowest BCUT2D eigenvalue weighted by Gasteiger charge is -2.24. The van der Waals surface area contributed by atoms with E-state index in [0.717, 1.165) is 11.4 Å². The standard InChI is InChI=1S/C14H19N3OS/c1-8-6-7-12(19-8)11(4)17(5)14(18)13-9(2)15-16-10(13)3/h6-7,11H,1-5H3,(H,15,16). The maximum atomic E-state index is 12.5. The third-order valence-electron chi connectivity index (χ3n) is 3.42. The van der Waals surface area contributed by atoms with Crippen LogP contribution in [0, 0.1) is 20.8 Å². The Morgan fingerprint density at radius 3 is 2.53 bits per heavy atom. The van der Waals surface area contributed by atoms with Gasteiger partial charge in [-0.2, -0.15) is 5.10 Å². The molecule has 2 aromatic rings. The van der Waals surface area contributed by atoms with Crippen molar-refractivity contribution >= 4 is 17.2 Å². The van der Waals surface area contributed by atoms with Crippen molar-refractivity contribution in [3.8, 4) is 0 Å². The Balaban J connectivity index is 2.24. The Hall–Kier alpha value is -1.62. The zero-order valence-corrected chi connectivity index (χ0v) is 12.8. The van der Waals surface area contributed by atoms with E-state index in [-0.39, 0.29) is 11.9 Å². The van der Waals surface area contributed by atoms with Gasteiger partial charge in [0.1, 0.15) is 0 Å². The average molecular weight is 277 g/mol. The van der Waals surface area contributed by atoms with Gasteiger partial charge < -0.3 is 4.90 Å². The summed E-state index contributed by atoms with van der Waals surface area (Å²) in [6, 6.07) is 4.24. The highest BCUT2D eigenvalue weighted by Crippen LogP contribution is 2.28. The first kappa shape index (κ1) is 13.8. The minimum absolute atomic E-state index is 0.0160. The van der Waals surface area contributed by atoms with E-state index in [1.807, 2.05) is 27.8 Å². The van der Waals surface area contributed by atoms with Gasteiger partial charge in [0.25, 0.3) is 5.91 Å². The summed E-state index contributed by atoms with van der Waals surface area (Å²) in [4.78, 5) is 16.8. The van der Waals surface area contributed by atoms with E-state index in [4.69, 9.17) is 0 Å². The Morgan fingerprint density at radius 2 is 2.05 bits per heavy atom. The summed E-state index contributed by atoms with van der Waals surface area (Å²) in [6.07, 6.45) is 0. The smallest absolute Gasteiger partial charge is 0.257 e. The highest BCUT2D eigenvalue weighted by atomic mass is 32.1. The van der Waals surface area contributed by atoms with E-state index in [0.29, 0.717) is 5.56 Å². The molecule has 5 heteroatoms. The van der Waals surface area contributed by atoms with Crippen LogP contribution in [0.15, 0.2) is 12.1 Å². The number of amides is 1. The van der Waals surface area contributed by atoms with Crippen LogP contribution < -0.4 is 0 Å². The number of aromatic nitrogens is 2. The molecule has 0 bridgehead atoms. The molecule has 1 unspecified atom stereocenters. The average Bonchev–Trinajstić information content (AvgIpc) is 2.94. The summed E-state index contributed by atoms with van der Waals surface area (Å²) in [5.74, 6) is 0.0160. The molecule has 1 amide bonds. The molecular weight excluding hydrogens is 258 g/mol. The second-order valence-corrected chi connectivity index (χ2v) is 6.17. The van der Waals surface area contributed by atoms with Crippen LogP contribution in [0.2, 0.25) is 0 Å². The van der Waals surface area contributed by atoms with Crippen LogP contribution >= 0.6 is 11.3 Å². The predicted octanol–water partition coefficient (Wildman–Crippen LogP) is 3.23. The van der Waals surface area contributed by atoms with Gasteiger partial charge in [0, 0.05) is 22.5 Å². The summed E-state index contributed by atoms with van der Waals surface area (Å²) in [5.41, 5.74) is 2.26. The first-order valence-corrected chi connectivity index (χ1v) is 7.08. The highest BCUT2D eigenvalue weighted by Gasteiger charge is 2.24. The monoisotopic (exact) mass is 277 g/mol. The quantitative estimate of drug-likeness (QED) is 0.936. The number of aromatic amines is 1. The summed E-state index contributed by atoms with van der Waals surface area (Å²) in [7, 11) is 1.84. The molecule has 0 spiro atoms. The molecule has 0 aliphatic heterocycles. The van der Waals surface area contributed by atoms with E-state index in [2.05, 4.69) is 29.3 Å². The number of nitrogens with zero attached hydrogens (tertiary/aromatic N) is 2. The van der Waals surface area contributed by atoms with Gasteiger partial charge in [-0.3, -0.25) is 9.89 Å². The first-order valence-electron chi connectivity index (χ1n) is 6.27. The number of H-pyrrole nitrogens is 1. The lowest BCUT2D eigenvalue weighted by molar-refractivity contribution is 0.0743. The zero-order valence-electron chi connectivity index (χ0n) is 11.9. The van der Waals surface area contributed by atoms with Crippen molar-refractivity contribution in [3.05, 3.63) is 38.8 Å². The van der Waals surface area contributed by atoms with Gasteiger partial charge in [0.2, 0.25) is 0 Å². The summed E-state index contributed by atoms with van der Waals surface area (Å²) >= 11 is 1.73. The van der Waals surface area contributed by atoms with Crippen LogP contribution in [-0.4, -0.2) is 28.1 Å². The summed E-state index contributed by atoms with van der Waals surface area (Å²) in [6.45, 7) is 7.85. The Kier molecular flexibility index (Phi) is 3.75. The molecule has 1 N–H and O–H groups in total. The number of carbonyl (C=O) groups is 1. The zero-order chi connectivity index (χ0) is 14.2. The molecule has 2 heterocycles. The number of hydrogen-bond donors (Lipinski definition) is 1. The Labute approximate surface area is 117 Å². The largest absolute Gasteiger partial charge is 0.334 e. The van der Waals surface area contributed by atoms with Crippen molar-refractivity contribution in [2.24, 2.45) is 0 Å². The fourth-order valence-electron chi connectivity index (χ4n) is 2.09. The second kappa shape index (κ2) is 5.17. The Morgan fingerprint density at radius 1 is 1.37 bits per heavy atom. The van der Waals surface area contributed by atoms with E-state index >= 15 is 0 Å². The van der Waals surface area contributed by atoms with Crippen molar-refractivity contribution in [2.75, 3.05) is 7.05 Å². The van der Waals surface area contributed by atoms with Crippen LogP contribution in [0.4, 0.5) is 0 Å². The number of carbonyl (C=O) groups excluding carboxylic acids is 1. The minimum atomic E-state index is 0.0160. The van der Waals surface area contributed by atoms with Crippen LogP contribution in [0.1, 0.15) is 44.5 Å². The molecule has 0 saturated carbocycles. The topological polar surface area (TPSA) is 49.0 Å². The maximum absolute atomic E-state index is 12.5. The predicted molar refractivity (Wildman–Crippen MR) is 77.6 cm³/mol. The fourth-order valence-corrected chi connectivity index (χ4v) is 3.06. The van der Waals surface area contributed by atoms with E-state index in [9.17, 15) is 4.79 Å². The van der Waals surface area contributed by atoms with Crippen molar-refractivity contribution in [1.29, 1.82) is 0 Å². The first-order chi connectivity index (χ1) is 8.91. The van der Waals surface area contributed by atoms with Crippen molar-refractivity contribution in [1.82, 2.24) is 15.1 Å². The normalized spacial score (nSPS) is 12.5. The van der Waals surface area contributed by atoms with Crippen LogP contribution in [-0.2, 0) is 0 Å². The van der Waals surface area contributed by atoms with Crippen molar-refractivity contribution in [3.63, 3.8) is 0 Å². The van der Waals surface area contributed by atoms with Crippen LogP contribution in [0.25, 0.3) is 0 Å². The lowest BCUT2D eigenvalue weighted by atomic mass is 10.1. The summed E-state index contributed by atoms with van der Waals surface area (Å²) in [5, 5.41) is 6.95. The SMILES string of the molecule is Cc1ccc(C(C)N(C)C(=O)c2c(C)n[nH]c2C)s1. The molecule has 19 heavy (non-hydrogen) atoms. The molecule has 0 saturated heterocycles. The van der Waals surface area contributed by atoms with Crippen molar-refractivity contribution in [2.45, 2.75) is 33.7 Å². The van der Waals surface area contributed by atoms with Gasteiger partial charge in [-0.25, -0.2) is 0 Å². The van der Waals surface area contributed by atoms with Crippen LogP contribution in [0.3, 0.4) is 0 Å². The fraction of sp³-hybridized carbons (Fsp3) is 0.429. The molecule has 1 atom stereocenters. The maximum Gasteiger partial charge on any atom is 0.257 e. The van der Waals surface area contributed by atoms with Gasteiger partial charge in [-0.15, -0.1) is 11.3 Å².